The lowest BCUT2D eigenvalue weighted by Gasteiger charge is -2.05. The van der Waals surface area contributed by atoms with Crippen LogP contribution in [0, 0.1) is 12.7 Å². The van der Waals surface area contributed by atoms with Gasteiger partial charge in [-0.3, -0.25) is 4.79 Å². The molecule has 80 valence electrons. The van der Waals surface area contributed by atoms with Gasteiger partial charge in [-0.15, -0.1) is 6.58 Å². The number of hydrogen-bond acceptors (Lipinski definition) is 1. The number of benzene rings is 1. The summed E-state index contributed by atoms with van der Waals surface area (Å²) in [7, 11) is 0. The van der Waals surface area contributed by atoms with Crippen molar-refractivity contribution < 1.29 is 9.18 Å². The molecule has 1 aromatic rings. The van der Waals surface area contributed by atoms with Crippen molar-refractivity contribution in [2.45, 2.75) is 13.3 Å². The van der Waals surface area contributed by atoms with Gasteiger partial charge in [-0.2, -0.15) is 0 Å². The summed E-state index contributed by atoms with van der Waals surface area (Å²) in [5.41, 5.74) is 0.889. The third-order valence-corrected chi connectivity index (χ3v) is 2.00. The second-order valence-corrected chi connectivity index (χ2v) is 3.32. The quantitative estimate of drug-likeness (QED) is 0.596. The van der Waals surface area contributed by atoms with Crippen LogP contribution in [0.3, 0.4) is 0 Å². The summed E-state index contributed by atoms with van der Waals surface area (Å²) in [6, 6.07) is 4.56. The molecule has 0 saturated carbocycles. The van der Waals surface area contributed by atoms with Crippen LogP contribution in [0.25, 0.3) is 0 Å². The molecule has 0 aromatic heterocycles. The molecule has 0 aliphatic carbocycles. The maximum Gasteiger partial charge on any atom is 0.254 e. The van der Waals surface area contributed by atoms with Gasteiger partial charge >= 0.3 is 0 Å². The average Bonchev–Trinajstić information content (AvgIpc) is 2.17. The molecule has 15 heavy (non-hydrogen) atoms. The van der Waals surface area contributed by atoms with Crippen LogP contribution in [0.5, 0.6) is 0 Å². The molecule has 0 fully saturated rings. The van der Waals surface area contributed by atoms with Crippen LogP contribution in [0.15, 0.2) is 30.9 Å². The first kappa shape index (κ1) is 11.4. The summed E-state index contributed by atoms with van der Waals surface area (Å²) in [6.45, 7) is 5.80. The molecule has 0 radical (unpaired) electrons. The molecule has 3 heteroatoms. The Bertz CT molecular complexity index is 374. The molecule has 2 nitrogen and oxygen atoms in total. The number of rotatable bonds is 4. The van der Waals surface area contributed by atoms with Crippen LogP contribution in [-0.4, -0.2) is 12.5 Å². The number of carbonyl (C=O) groups is 1. The molecule has 0 unspecified atom stereocenters. The number of nitrogens with one attached hydrogen (secondary N) is 1. The van der Waals surface area contributed by atoms with Crippen LogP contribution in [-0.2, 0) is 0 Å². The van der Waals surface area contributed by atoms with E-state index < -0.39 is 5.82 Å². The molecule has 0 saturated heterocycles. The molecular formula is C12H14FNO. The first-order chi connectivity index (χ1) is 7.15. The summed E-state index contributed by atoms with van der Waals surface area (Å²) in [5.74, 6) is -0.861. The van der Waals surface area contributed by atoms with E-state index in [0.717, 1.165) is 5.56 Å². The number of amides is 1. The third-order valence-electron chi connectivity index (χ3n) is 2.00. The zero-order valence-corrected chi connectivity index (χ0v) is 8.72. The fourth-order valence-corrected chi connectivity index (χ4v) is 1.19. The molecule has 1 amide bonds. The molecule has 1 N–H and O–H groups in total. The van der Waals surface area contributed by atoms with Crippen molar-refractivity contribution >= 4 is 5.91 Å². The Morgan fingerprint density at radius 3 is 2.93 bits per heavy atom. The summed E-state index contributed by atoms with van der Waals surface area (Å²) < 4.78 is 13.3. The third kappa shape index (κ3) is 3.20. The standard InChI is InChI=1S/C12H14FNO/c1-3-4-7-14-12(15)10-6-5-9(2)8-11(10)13/h3,5-6,8H,1,4,7H2,2H3,(H,14,15). The Labute approximate surface area is 88.8 Å². The molecule has 0 spiro atoms. The average molecular weight is 207 g/mol. The van der Waals surface area contributed by atoms with Crippen molar-refractivity contribution in [2.75, 3.05) is 6.54 Å². The highest BCUT2D eigenvalue weighted by atomic mass is 19.1. The zero-order valence-electron chi connectivity index (χ0n) is 8.72. The van der Waals surface area contributed by atoms with E-state index in [1.807, 2.05) is 0 Å². The van der Waals surface area contributed by atoms with Gasteiger partial charge in [0.25, 0.3) is 5.91 Å². The Hall–Kier alpha value is -1.64. The number of halogens is 1. The first-order valence-corrected chi connectivity index (χ1v) is 4.80. The Balaban J connectivity index is 2.69. The van der Waals surface area contributed by atoms with Gasteiger partial charge in [0.05, 0.1) is 5.56 Å². The minimum Gasteiger partial charge on any atom is -0.352 e. The minimum absolute atomic E-state index is 0.0877. The van der Waals surface area contributed by atoms with Crippen molar-refractivity contribution in [2.24, 2.45) is 0 Å². The van der Waals surface area contributed by atoms with E-state index in [1.165, 1.54) is 12.1 Å². The highest BCUT2D eigenvalue weighted by Crippen LogP contribution is 2.09. The minimum atomic E-state index is -0.480. The maximum atomic E-state index is 13.3. The van der Waals surface area contributed by atoms with Crippen LogP contribution in [0.1, 0.15) is 22.3 Å². The summed E-state index contributed by atoms with van der Waals surface area (Å²) in [6.07, 6.45) is 2.38. The Kier molecular flexibility index (Phi) is 4.03. The van der Waals surface area contributed by atoms with E-state index >= 15 is 0 Å². The van der Waals surface area contributed by atoms with Crippen molar-refractivity contribution in [3.05, 3.63) is 47.8 Å². The molecule has 1 rings (SSSR count). The SMILES string of the molecule is C=CCCNC(=O)c1ccc(C)cc1F. The van der Waals surface area contributed by atoms with E-state index in [-0.39, 0.29) is 11.5 Å². The van der Waals surface area contributed by atoms with Crippen LogP contribution < -0.4 is 5.32 Å². The first-order valence-electron chi connectivity index (χ1n) is 4.80. The molecule has 0 atom stereocenters. The van der Waals surface area contributed by atoms with Gasteiger partial charge in [-0.05, 0) is 31.0 Å². The largest absolute Gasteiger partial charge is 0.352 e. The lowest BCUT2D eigenvalue weighted by molar-refractivity contribution is 0.0950. The molecule has 0 aliphatic heterocycles. The second kappa shape index (κ2) is 5.29. The fourth-order valence-electron chi connectivity index (χ4n) is 1.19. The predicted octanol–water partition coefficient (Wildman–Crippen LogP) is 2.44. The fraction of sp³-hybridized carbons (Fsp3) is 0.250. The van der Waals surface area contributed by atoms with Crippen molar-refractivity contribution in [3.63, 3.8) is 0 Å². The molecule has 0 heterocycles. The lowest BCUT2D eigenvalue weighted by Crippen LogP contribution is -2.25. The highest BCUT2D eigenvalue weighted by molar-refractivity contribution is 5.94. The molecule has 0 aliphatic rings. The van der Waals surface area contributed by atoms with E-state index in [1.54, 1.807) is 19.1 Å². The molecular weight excluding hydrogens is 193 g/mol. The number of aryl methyl sites for hydroxylation is 1. The monoisotopic (exact) mass is 207 g/mol. The summed E-state index contributed by atoms with van der Waals surface area (Å²) in [5, 5.41) is 2.61. The van der Waals surface area contributed by atoms with Crippen LogP contribution >= 0.6 is 0 Å². The number of hydrogen-bond donors (Lipinski definition) is 1. The Morgan fingerprint density at radius 1 is 1.60 bits per heavy atom. The van der Waals surface area contributed by atoms with Crippen molar-refractivity contribution in [1.82, 2.24) is 5.32 Å². The van der Waals surface area contributed by atoms with Gasteiger partial charge in [0.15, 0.2) is 0 Å². The zero-order chi connectivity index (χ0) is 11.3. The summed E-state index contributed by atoms with van der Waals surface area (Å²) >= 11 is 0. The maximum absolute atomic E-state index is 13.3. The van der Waals surface area contributed by atoms with Crippen molar-refractivity contribution in [1.29, 1.82) is 0 Å². The normalized spacial score (nSPS) is 9.73. The topological polar surface area (TPSA) is 29.1 Å². The van der Waals surface area contributed by atoms with E-state index in [2.05, 4.69) is 11.9 Å². The van der Waals surface area contributed by atoms with Gasteiger partial charge in [-0.1, -0.05) is 12.1 Å². The smallest absolute Gasteiger partial charge is 0.254 e. The van der Waals surface area contributed by atoms with Gasteiger partial charge in [0.1, 0.15) is 5.82 Å². The van der Waals surface area contributed by atoms with Gasteiger partial charge in [0, 0.05) is 6.54 Å². The van der Waals surface area contributed by atoms with Gasteiger partial charge < -0.3 is 5.32 Å². The molecule has 0 bridgehead atoms. The Morgan fingerprint density at radius 2 is 2.33 bits per heavy atom. The van der Waals surface area contributed by atoms with E-state index in [9.17, 15) is 9.18 Å². The summed E-state index contributed by atoms with van der Waals surface area (Å²) in [4.78, 5) is 11.5. The van der Waals surface area contributed by atoms with Crippen LogP contribution in [0.2, 0.25) is 0 Å². The van der Waals surface area contributed by atoms with Crippen molar-refractivity contribution in [3.8, 4) is 0 Å². The lowest BCUT2D eigenvalue weighted by atomic mass is 10.1. The predicted molar refractivity (Wildman–Crippen MR) is 58.3 cm³/mol. The number of carbonyl (C=O) groups excluding carboxylic acids is 1. The second-order valence-electron chi connectivity index (χ2n) is 3.32. The van der Waals surface area contributed by atoms with Crippen LogP contribution in [0.4, 0.5) is 4.39 Å². The van der Waals surface area contributed by atoms with Gasteiger partial charge in [0.2, 0.25) is 0 Å². The van der Waals surface area contributed by atoms with Gasteiger partial charge in [-0.25, -0.2) is 4.39 Å². The van der Waals surface area contributed by atoms with E-state index in [0.29, 0.717) is 13.0 Å². The highest BCUT2D eigenvalue weighted by Gasteiger charge is 2.10. The van der Waals surface area contributed by atoms with E-state index in [4.69, 9.17) is 0 Å². The molecule has 1 aromatic carbocycles.